The highest BCUT2D eigenvalue weighted by Gasteiger charge is 2.33. The first-order chi connectivity index (χ1) is 9.99. The molecular weight excluding hydrogens is 268 g/mol. The van der Waals surface area contributed by atoms with Crippen LogP contribution in [-0.4, -0.2) is 51.1 Å². The number of rotatable bonds is 7. The number of anilines is 1. The smallest absolute Gasteiger partial charge is 0.317 e. The summed E-state index contributed by atoms with van der Waals surface area (Å²) in [5, 5.41) is 12.3. The van der Waals surface area contributed by atoms with E-state index in [0.717, 1.165) is 30.9 Å². The van der Waals surface area contributed by atoms with Crippen molar-refractivity contribution in [3.63, 3.8) is 0 Å². The van der Waals surface area contributed by atoms with Gasteiger partial charge in [-0.2, -0.15) is 0 Å². The Morgan fingerprint density at radius 1 is 1.48 bits per heavy atom. The van der Waals surface area contributed by atoms with E-state index < -0.39 is 5.97 Å². The van der Waals surface area contributed by atoms with Crippen molar-refractivity contribution in [2.75, 3.05) is 18.4 Å². The van der Waals surface area contributed by atoms with Gasteiger partial charge in [0.2, 0.25) is 0 Å². The SMILES string of the molecule is CCN(CC(=O)O)C1CC(Nc2cc(C(C)C)ncn2)C1. The summed E-state index contributed by atoms with van der Waals surface area (Å²) < 4.78 is 0. The second-order valence-electron chi connectivity index (χ2n) is 5.91. The van der Waals surface area contributed by atoms with Crippen molar-refractivity contribution < 1.29 is 9.90 Å². The van der Waals surface area contributed by atoms with Crippen molar-refractivity contribution in [1.82, 2.24) is 14.9 Å². The highest BCUT2D eigenvalue weighted by molar-refractivity contribution is 5.69. The summed E-state index contributed by atoms with van der Waals surface area (Å²) in [5.74, 6) is 0.484. The van der Waals surface area contributed by atoms with Gasteiger partial charge in [-0.25, -0.2) is 9.97 Å². The first-order valence-electron chi connectivity index (χ1n) is 7.54. The van der Waals surface area contributed by atoms with Crippen LogP contribution in [0.1, 0.15) is 45.2 Å². The number of nitrogens with zero attached hydrogens (tertiary/aromatic N) is 3. The van der Waals surface area contributed by atoms with Crippen LogP contribution in [0.5, 0.6) is 0 Å². The van der Waals surface area contributed by atoms with Gasteiger partial charge in [-0.1, -0.05) is 20.8 Å². The lowest BCUT2D eigenvalue weighted by Crippen LogP contribution is -2.51. The Bertz CT molecular complexity index is 486. The van der Waals surface area contributed by atoms with Crippen LogP contribution in [0.4, 0.5) is 5.82 Å². The first-order valence-corrected chi connectivity index (χ1v) is 7.54. The summed E-state index contributed by atoms with van der Waals surface area (Å²) >= 11 is 0. The Labute approximate surface area is 125 Å². The third-order valence-corrected chi connectivity index (χ3v) is 4.01. The van der Waals surface area contributed by atoms with Gasteiger partial charge in [0.15, 0.2) is 0 Å². The van der Waals surface area contributed by atoms with Crippen molar-refractivity contribution in [1.29, 1.82) is 0 Å². The van der Waals surface area contributed by atoms with Crippen molar-refractivity contribution in [2.45, 2.75) is 51.6 Å². The van der Waals surface area contributed by atoms with E-state index in [2.05, 4.69) is 29.1 Å². The van der Waals surface area contributed by atoms with E-state index in [9.17, 15) is 4.79 Å². The molecule has 0 aliphatic heterocycles. The zero-order valence-electron chi connectivity index (χ0n) is 12.9. The van der Waals surface area contributed by atoms with Crippen molar-refractivity contribution in [3.05, 3.63) is 18.1 Å². The number of carbonyl (C=O) groups is 1. The molecule has 2 N–H and O–H groups in total. The summed E-state index contributed by atoms with van der Waals surface area (Å²) in [7, 11) is 0. The monoisotopic (exact) mass is 292 g/mol. The minimum Gasteiger partial charge on any atom is -0.480 e. The Balaban J connectivity index is 1.85. The number of likely N-dealkylation sites (N-methyl/N-ethyl adjacent to an activating group) is 1. The van der Waals surface area contributed by atoms with Gasteiger partial charge in [-0.05, 0) is 25.3 Å². The molecule has 1 aliphatic carbocycles. The van der Waals surface area contributed by atoms with E-state index in [1.807, 2.05) is 17.9 Å². The van der Waals surface area contributed by atoms with E-state index in [-0.39, 0.29) is 6.54 Å². The normalized spacial score (nSPS) is 21.4. The fourth-order valence-corrected chi connectivity index (χ4v) is 2.65. The topological polar surface area (TPSA) is 78.4 Å². The molecule has 21 heavy (non-hydrogen) atoms. The predicted octanol–water partition coefficient (Wildman–Crippen LogP) is 1.95. The molecule has 0 saturated heterocycles. The minimum absolute atomic E-state index is 0.124. The lowest BCUT2D eigenvalue weighted by molar-refractivity contribution is -0.139. The predicted molar refractivity (Wildman–Crippen MR) is 81.4 cm³/mol. The standard InChI is InChI=1S/C15H24N4O2/c1-4-19(8-15(20)21)12-5-11(6-12)18-14-7-13(10(2)3)16-9-17-14/h7,9-12H,4-6,8H2,1-3H3,(H,20,21)(H,16,17,18). The molecule has 1 saturated carbocycles. The Hall–Kier alpha value is -1.69. The lowest BCUT2D eigenvalue weighted by atomic mass is 9.85. The largest absolute Gasteiger partial charge is 0.480 e. The third kappa shape index (κ3) is 4.14. The second-order valence-corrected chi connectivity index (χ2v) is 5.91. The second kappa shape index (κ2) is 6.85. The van der Waals surface area contributed by atoms with Gasteiger partial charge < -0.3 is 10.4 Å². The van der Waals surface area contributed by atoms with Crippen LogP contribution in [0.15, 0.2) is 12.4 Å². The molecule has 1 fully saturated rings. The summed E-state index contributed by atoms with van der Waals surface area (Å²) in [6.07, 6.45) is 3.51. The Morgan fingerprint density at radius 2 is 2.19 bits per heavy atom. The molecule has 116 valence electrons. The van der Waals surface area contributed by atoms with E-state index in [1.54, 1.807) is 6.33 Å². The molecule has 1 aromatic rings. The Kier molecular flexibility index (Phi) is 5.12. The van der Waals surface area contributed by atoms with Crippen molar-refractivity contribution in [3.8, 4) is 0 Å². The van der Waals surface area contributed by atoms with Gasteiger partial charge in [-0.15, -0.1) is 0 Å². The summed E-state index contributed by atoms with van der Waals surface area (Å²) in [6.45, 7) is 7.11. The van der Waals surface area contributed by atoms with Crippen molar-refractivity contribution >= 4 is 11.8 Å². The molecule has 0 spiro atoms. The van der Waals surface area contributed by atoms with Gasteiger partial charge in [0.05, 0.1) is 6.54 Å². The molecule has 0 aromatic carbocycles. The molecule has 0 radical (unpaired) electrons. The number of carboxylic acids is 1. The highest BCUT2D eigenvalue weighted by Crippen LogP contribution is 2.28. The summed E-state index contributed by atoms with van der Waals surface area (Å²) in [4.78, 5) is 21.3. The quantitative estimate of drug-likeness (QED) is 0.799. The fraction of sp³-hybridized carbons (Fsp3) is 0.667. The lowest BCUT2D eigenvalue weighted by Gasteiger charge is -2.42. The van der Waals surface area contributed by atoms with E-state index >= 15 is 0 Å². The molecule has 1 heterocycles. The van der Waals surface area contributed by atoms with Crippen LogP contribution in [0.25, 0.3) is 0 Å². The molecule has 0 bridgehead atoms. The average Bonchev–Trinajstić information content (AvgIpc) is 2.40. The number of carboxylic acid groups (broad SMARTS) is 1. The number of hydrogen-bond donors (Lipinski definition) is 2. The molecule has 1 aromatic heterocycles. The van der Waals surface area contributed by atoms with Gasteiger partial charge in [0, 0.05) is 23.8 Å². The maximum atomic E-state index is 10.8. The molecule has 6 heteroatoms. The van der Waals surface area contributed by atoms with Gasteiger partial charge in [0.1, 0.15) is 12.1 Å². The van der Waals surface area contributed by atoms with Crippen LogP contribution in [0, 0.1) is 0 Å². The van der Waals surface area contributed by atoms with Crippen LogP contribution in [-0.2, 0) is 4.79 Å². The maximum absolute atomic E-state index is 10.8. The average molecular weight is 292 g/mol. The molecule has 2 rings (SSSR count). The van der Waals surface area contributed by atoms with Crippen molar-refractivity contribution in [2.24, 2.45) is 0 Å². The van der Waals surface area contributed by atoms with Gasteiger partial charge >= 0.3 is 5.97 Å². The molecule has 1 aliphatic rings. The van der Waals surface area contributed by atoms with Crippen LogP contribution >= 0.6 is 0 Å². The van der Waals surface area contributed by atoms with E-state index in [1.165, 1.54) is 0 Å². The zero-order valence-corrected chi connectivity index (χ0v) is 12.9. The fourth-order valence-electron chi connectivity index (χ4n) is 2.65. The minimum atomic E-state index is -0.759. The number of aromatic nitrogens is 2. The molecule has 6 nitrogen and oxygen atoms in total. The van der Waals surface area contributed by atoms with E-state index in [4.69, 9.17) is 5.11 Å². The zero-order chi connectivity index (χ0) is 15.4. The van der Waals surface area contributed by atoms with Gasteiger partial charge in [-0.3, -0.25) is 9.69 Å². The van der Waals surface area contributed by atoms with Crippen LogP contribution < -0.4 is 5.32 Å². The van der Waals surface area contributed by atoms with Crippen LogP contribution in [0.3, 0.4) is 0 Å². The first kappa shape index (κ1) is 15.7. The number of nitrogens with one attached hydrogen (secondary N) is 1. The van der Waals surface area contributed by atoms with E-state index in [0.29, 0.717) is 18.0 Å². The Morgan fingerprint density at radius 3 is 2.76 bits per heavy atom. The molecular formula is C15H24N4O2. The molecule has 0 atom stereocenters. The third-order valence-electron chi connectivity index (χ3n) is 4.01. The maximum Gasteiger partial charge on any atom is 0.317 e. The number of aliphatic carboxylic acids is 1. The van der Waals surface area contributed by atoms with Crippen LogP contribution in [0.2, 0.25) is 0 Å². The summed E-state index contributed by atoms with van der Waals surface area (Å²) in [6, 6.07) is 2.72. The number of hydrogen-bond acceptors (Lipinski definition) is 5. The van der Waals surface area contributed by atoms with Gasteiger partial charge in [0.25, 0.3) is 0 Å². The molecule has 0 unspecified atom stereocenters. The highest BCUT2D eigenvalue weighted by atomic mass is 16.4. The molecule has 0 amide bonds. The summed E-state index contributed by atoms with van der Waals surface area (Å²) in [5.41, 5.74) is 1.03.